The summed E-state index contributed by atoms with van der Waals surface area (Å²) >= 11 is 0. The predicted molar refractivity (Wildman–Crippen MR) is 66.5 cm³/mol. The monoisotopic (exact) mass is 244 g/mol. The molecule has 4 N–H and O–H groups in total. The van der Waals surface area contributed by atoms with Gasteiger partial charge in [0.2, 0.25) is 5.91 Å². The average Bonchev–Trinajstić information content (AvgIpc) is 2.15. The predicted octanol–water partition coefficient (Wildman–Crippen LogP) is 0.975. The molecule has 0 radical (unpaired) electrons. The maximum Gasteiger partial charge on any atom is 0.326 e. The van der Waals surface area contributed by atoms with E-state index in [2.05, 4.69) is 5.32 Å². The van der Waals surface area contributed by atoms with E-state index in [0.717, 1.165) is 0 Å². The number of amides is 1. The lowest BCUT2D eigenvalue weighted by molar-refractivity contribution is -0.142. The van der Waals surface area contributed by atoms with Gasteiger partial charge in [-0.1, -0.05) is 27.7 Å². The largest absolute Gasteiger partial charge is 0.480 e. The van der Waals surface area contributed by atoms with Gasteiger partial charge in [-0.2, -0.15) is 0 Å². The maximum absolute atomic E-state index is 11.6. The second-order valence-corrected chi connectivity index (χ2v) is 5.20. The fraction of sp³-hybridized carbons (Fsp3) is 0.833. The molecule has 2 atom stereocenters. The van der Waals surface area contributed by atoms with E-state index in [-0.39, 0.29) is 30.2 Å². The highest BCUT2D eigenvalue weighted by molar-refractivity contribution is 5.83. The Bertz CT molecular complexity index is 264. The average molecular weight is 244 g/mol. The summed E-state index contributed by atoms with van der Waals surface area (Å²) in [5, 5.41) is 11.5. The Balaban J connectivity index is 4.26. The SMILES string of the molecule is CC(C)C[C@H](NC(=O)CC(N)C(C)C)C(=O)O. The van der Waals surface area contributed by atoms with Gasteiger partial charge in [0.05, 0.1) is 0 Å². The Kier molecular flexibility index (Phi) is 6.80. The first-order valence-corrected chi connectivity index (χ1v) is 6.01. The Hall–Kier alpha value is -1.10. The van der Waals surface area contributed by atoms with Crippen molar-refractivity contribution in [1.82, 2.24) is 5.32 Å². The third-order valence-electron chi connectivity index (χ3n) is 2.62. The van der Waals surface area contributed by atoms with Gasteiger partial charge in [0.15, 0.2) is 0 Å². The molecule has 0 saturated heterocycles. The minimum absolute atomic E-state index is 0.166. The van der Waals surface area contributed by atoms with Crippen LogP contribution in [0.2, 0.25) is 0 Å². The van der Waals surface area contributed by atoms with Crippen molar-refractivity contribution in [2.45, 2.75) is 52.6 Å². The van der Waals surface area contributed by atoms with E-state index < -0.39 is 12.0 Å². The number of rotatable bonds is 7. The van der Waals surface area contributed by atoms with Crippen LogP contribution in [-0.4, -0.2) is 29.1 Å². The van der Waals surface area contributed by atoms with E-state index >= 15 is 0 Å². The van der Waals surface area contributed by atoms with Crippen LogP contribution in [0, 0.1) is 11.8 Å². The molecule has 5 heteroatoms. The van der Waals surface area contributed by atoms with Gasteiger partial charge in [-0.3, -0.25) is 4.79 Å². The molecule has 0 aromatic heterocycles. The summed E-state index contributed by atoms with van der Waals surface area (Å²) in [5.41, 5.74) is 5.76. The summed E-state index contributed by atoms with van der Waals surface area (Å²) in [5.74, 6) is -0.867. The number of hydrogen-bond donors (Lipinski definition) is 3. The highest BCUT2D eigenvalue weighted by atomic mass is 16.4. The fourth-order valence-electron chi connectivity index (χ4n) is 1.40. The first kappa shape index (κ1) is 15.9. The molecule has 0 rings (SSSR count). The van der Waals surface area contributed by atoms with Gasteiger partial charge >= 0.3 is 5.97 Å². The molecule has 0 aliphatic rings. The van der Waals surface area contributed by atoms with Crippen LogP contribution in [0.15, 0.2) is 0 Å². The van der Waals surface area contributed by atoms with Gasteiger partial charge in [-0.05, 0) is 18.3 Å². The molecular weight excluding hydrogens is 220 g/mol. The number of carboxylic acid groups (broad SMARTS) is 1. The zero-order valence-electron chi connectivity index (χ0n) is 11.1. The number of aliphatic carboxylic acids is 1. The molecule has 0 aromatic carbocycles. The van der Waals surface area contributed by atoms with Gasteiger partial charge in [0.1, 0.15) is 6.04 Å². The van der Waals surface area contributed by atoms with E-state index in [4.69, 9.17) is 10.8 Å². The molecule has 5 nitrogen and oxygen atoms in total. The smallest absolute Gasteiger partial charge is 0.326 e. The van der Waals surface area contributed by atoms with Crippen molar-refractivity contribution >= 4 is 11.9 Å². The second-order valence-electron chi connectivity index (χ2n) is 5.20. The van der Waals surface area contributed by atoms with Crippen LogP contribution in [0.5, 0.6) is 0 Å². The summed E-state index contributed by atoms with van der Waals surface area (Å²) < 4.78 is 0. The topological polar surface area (TPSA) is 92.4 Å². The van der Waals surface area contributed by atoms with Crippen LogP contribution >= 0.6 is 0 Å². The van der Waals surface area contributed by atoms with Crippen molar-refractivity contribution in [3.05, 3.63) is 0 Å². The minimum Gasteiger partial charge on any atom is -0.480 e. The molecule has 0 bridgehead atoms. The van der Waals surface area contributed by atoms with Crippen LogP contribution in [0.3, 0.4) is 0 Å². The molecule has 0 aliphatic carbocycles. The molecule has 0 aliphatic heterocycles. The Morgan fingerprint density at radius 3 is 2.12 bits per heavy atom. The maximum atomic E-state index is 11.6. The van der Waals surface area contributed by atoms with Crippen molar-refractivity contribution in [2.75, 3.05) is 0 Å². The van der Waals surface area contributed by atoms with Crippen molar-refractivity contribution < 1.29 is 14.7 Å². The van der Waals surface area contributed by atoms with E-state index in [1.807, 2.05) is 27.7 Å². The summed E-state index contributed by atoms with van der Waals surface area (Å²) in [4.78, 5) is 22.5. The molecule has 17 heavy (non-hydrogen) atoms. The first-order chi connectivity index (χ1) is 7.73. The van der Waals surface area contributed by atoms with Crippen LogP contribution in [0.4, 0.5) is 0 Å². The minimum atomic E-state index is -0.995. The Morgan fingerprint density at radius 1 is 1.24 bits per heavy atom. The summed E-state index contributed by atoms with van der Waals surface area (Å²) in [7, 11) is 0. The molecular formula is C12H24N2O3. The van der Waals surface area contributed by atoms with Gasteiger partial charge < -0.3 is 16.2 Å². The lowest BCUT2D eigenvalue weighted by Crippen LogP contribution is -2.44. The van der Waals surface area contributed by atoms with E-state index in [0.29, 0.717) is 6.42 Å². The van der Waals surface area contributed by atoms with E-state index in [1.165, 1.54) is 0 Å². The number of nitrogens with two attached hydrogens (primary N) is 1. The van der Waals surface area contributed by atoms with Gasteiger partial charge in [-0.25, -0.2) is 4.79 Å². The normalized spacial score (nSPS) is 14.8. The zero-order valence-corrected chi connectivity index (χ0v) is 11.1. The van der Waals surface area contributed by atoms with Crippen LogP contribution in [0.25, 0.3) is 0 Å². The Labute approximate surface area is 103 Å². The second kappa shape index (κ2) is 7.27. The highest BCUT2D eigenvalue weighted by Crippen LogP contribution is 2.07. The van der Waals surface area contributed by atoms with Gasteiger partial charge in [0.25, 0.3) is 0 Å². The van der Waals surface area contributed by atoms with Crippen LogP contribution < -0.4 is 11.1 Å². The van der Waals surface area contributed by atoms with Crippen molar-refractivity contribution in [3.8, 4) is 0 Å². The molecule has 1 amide bonds. The number of carbonyl (C=O) groups is 2. The lowest BCUT2D eigenvalue weighted by atomic mass is 10.0. The lowest BCUT2D eigenvalue weighted by Gasteiger charge is -2.19. The third kappa shape index (κ3) is 6.94. The molecule has 0 spiro atoms. The highest BCUT2D eigenvalue weighted by Gasteiger charge is 2.22. The Morgan fingerprint density at radius 2 is 1.76 bits per heavy atom. The zero-order chi connectivity index (χ0) is 13.6. The number of carboxylic acids is 1. The van der Waals surface area contributed by atoms with Crippen molar-refractivity contribution in [1.29, 1.82) is 0 Å². The van der Waals surface area contributed by atoms with Gasteiger partial charge in [-0.15, -0.1) is 0 Å². The molecule has 0 heterocycles. The van der Waals surface area contributed by atoms with Crippen LogP contribution in [-0.2, 0) is 9.59 Å². The van der Waals surface area contributed by atoms with E-state index in [1.54, 1.807) is 0 Å². The first-order valence-electron chi connectivity index (χ1n) is 6.01. The number of hydrogen-bond acceptors (Lipinski definition) is 3. The number of carbonyl (C=O) groups excluding carboxylic acids is 1. The van der Waals surface area contributed by atoms with Crippen molar-refractivity contribution in [3.63, 3.8) is 0 Å². The van der Waals surface area contributed by atoms with Crippen LogP contribution in [0.1, 0.15) is 40.5 Å². The third-order valence-corrected chi connectivity index (χ3v) is 2.62. The summed E-state index contributed by atoms with van der Waals surface area (Å²) in [6.45, 7) is 7.70. The summed E-state index contributed by atoms with van der Waals surface area (Å²) in [6, 6.07) is -1.05. The fourth-order valence-corrected chi connectivity index (χ4v) is 1.40. The summed E-state index contributed by atoms with van der Waals surface area (Å²) in [6.07, 6.45) is 0.595. The van der Waals surface area contributed by atoms with Gasteiger partial charge in [0, 0.05) is 12.5 Å². The standard InChI is InChI=1S/C12H24N2O3/c1-7(2)5-10(12(16)17)14-11(15)6-9(13)8(3)4/h7-10H,5-6,13H2,1-4H3,(H,14,15)(H,16,17)/t9?,10-/m0/s1. The molecule has 0 fully saturated rings. The molecule has 1 unspecified atom stereocenters. The molecule has 0 saturated carbocycles. The van der Waals surface area contributed by atoms with E-state index in [9.17, 15) is 9.59 Å². The van der Waals surface area contributed by atoms with Crippen molar-refractivity contribution in [2.24, 2.45) is 17.6 Å². The molecule has 100 valence electrons. The number of nitrogens with one attached hydrogen (secondary N) is 1. The molecule has 0 aromatic rings. The quantitative estimate of drug-likeness (QED) is 0.622.